The molecule has 3 fully saturated rings. The lowest BCUT2D eigenvalue weighted by atomic mass is 9.99. The van der Waals surface area contributed by atoms with Crippen molar-refractivity contribution in [3.05, 3.63) is 0 Å². The summed E-state index contributed by atoms with van der Waals surface area (Å²) in [6, 6.07) is 0.866. The lowest BCUT2D eigenvalue weighted by Crippen LogP contribution is -2.52. The van der Waals surface area contributed by atoms with Gasteiger partial charge in [-0.05, 0) is 90.8 Å². The number of piperidine rings is 2. The number of hydrogen-bond acceptors (Lipinski definition) is 4. The molecule has 0 radical (unpaired) electrons. The number of rotatable bonds is 7. The molecule has 0 aromatic heterocycles. The second-order valence-corrected chi connectivity index (χ2v) is 9.00. The lowest BCUT2D eigenvalue weighted by Gasteiger charge is -2.42. The van der Waals surface area contributed by atoms with Crippen LogP contribution in [-0.2, 0) is 0 Å². The summed E-state index contributed by atoms with van der Waals surface area (Å²) < 4.78 is 0. The van der Waals surface area contributed by atoms with Crippen LogP contribution in [0, 0.1) is 5.92 Å². The van der Waals surface area contributed by atoms with Crippen molar-refractivity contribution >= 4 is 0 Å². The van der Waals surface area contributed by atoms with Gasteiger partial charge < -0.3 is 14.7 Å². The van der Waals surface area contributed by atoms with Gasteiger partial charge in [0.15, 0.2) is 0 Å². The maximum Gasteiger partial charge on any atom is 0.0121 e. The molecule has 25 heavy (non-hydrogen) atoms. The Bertz CT molecular complexity index is 351. The van der Waals surface area contributed by atoms with Crippen molar-refractivity contribution in [2.75, 3.05) is 72.5 Å². The van der Waals surface area contributed by atoms with Crippen molar-refractivity contribution in [1.82, 2.24) is 19.6 Å². The molecular weight excluding hydrogens is 308 g/mol. The maximum atomic E-state index is 2.78. The van der Waals surface area contributed by atoms with Crippen LogP contribution >= 0.6 is 0 Å². The molecule has 0 spiro atoms. The van der Waals surface area contributed by atoms with Gasteiger partial charge in [-0.25, -0.2) is 0 Å². The summed E-state index contributed by atoms with van der Waals surface area (Å²) in [6.45, 7) is 15.6. The van der Waals surface area contributed by atoms with Gasteiger partial charge in [-0.15, -0.1) is 0 Å². The third-order valence-corrected chi connectivity index (χ3v) is 6.94. The Morgan fingerprint density at radius 3 is 1.80 bits per heavy atom. The van der Waals surface area contributed by atoms with Crippen LogP contribution in [0.25, 0.3) is 0 Å². The average Bonchev–Trinajstić information content (AvgIpc) is 2.64. The van der Waals surface area contributed by atoms with E-state index in [-0.39, 0.29) is 0 Å². The van der Waals surface area contributed by atoms with E-state index in [1.807, 2.05) is 0 Å². The Labute approximate surface area is 156 Å². The lowest BCUT2D eigenvalue weighted by molar-refractivity contribution is 0.0639. The van der Waals surface area contributed by atoms with Gasteiger partial charge in [0.1, 0.15) is 0 Å². The molecule has 0 atom stereocenters. The Balaban J connectivity index is 1.20. The van der Waals surface area contributed by atoms with Crippen LogP contribution in [0.4, 0.5) is 0 Å². The molecule has 4 nitrogen and oxygen atoms in total. The number of likely N-dealkylation sites (tertiary alicyclic amines) is 2. The SMILES string of the molecule is CC1CCN(CCCCCN2CCN(C3CCN(C)CC3)CC2)CC1. The molecule has 3 saturated heterocycles. The maximum absolute atomic E-state index is 2.78. The fourth-order valence-corrected chi connectivity index (χ4v) is 4.85. The summed E-state index contributed by atoms with van der Waals surface area (Å²) >= 11 is 0. The van der Waals surface area contributed by atoms with Crippen LogP contribution in [0.1, 0.15) is 51.9 Å². The highest BCUT2D eigenvalue weighted by Gasteiger charge is 2.26. The third-order valence-electron chi connectivity index (χ3n) is 6.94. The average molecular weight is 351 g/mol. The van der Waals surface area contributed by atoms with E-state index in [2.05, 4.69) is 33.6 Å². The van der Waals surface area contributed by atoms with Gasteiger partial charge in [0.2, 0.25) is 0 Å². The topological polar surface area (TPSA) is 13.0 Å². The highest BCUT2D eigenvalue weighted by atomic mass is 15.3. The molecule has 0 unspecified atom stereocenters. The van der Waals surface area contributed by atoms with E-state index in [0.29, 0.717) is 0 Å². The molecule has 0 aromatic carbocycles. The summed E-state index contributed by atoms with van der Waals surface area (Å²) in [5.41, 5.74) is 0. The summed E-state index contributed by atoms with van der Waals surface area (Å²) in [6.07, 6.45) is 9.82. The van der Waals surface area contributed by atoms with E-state index < -0.39 is 0 Å². The van der Waals surface area contributed by atoms with Crippen molar-refractivity contribution in [1.29, 1.82) is 0 Å². The highest BCUT2D eigenvalue weighted by Crippen LogP contribution is 2.18. The summed E-state index contributed by atoms with van der Waals surface area (Å²) in [5, 5.41) is 0. The number of hydrogen-bond donors (Lipinski definition) is 0. The first-order valence-corrected chi connectivity index (χ1v) is 11.1. The molecule has 146 valence electrons. The number of piperazine rings is 1. The highest BCUT2D eigenvalue weighted by molar-refractivity contribution is 4.82. The van der Waals surface area contributed by atoms with Crippen molar-refractivity contribution in [2.24, 2.45) is 5.92 Å². The van der Waals surface area contributed by atoms with E-state index in [1.54, 1.807) is 0 Å². The van der Waals surface area contributed by atoms with Crippen LogP contribution in [-0.4, -0.2) is 98.1 Å². The van der Waals surface area contributed by atoms with E-state index >= 15 is 0 Å². The van der Waals surface area contributed by atoms with Crippen LogP contribution in [0.3, 0.4) is 0 Å². The summed E-state index contributed by atoms with van der Waals surface area (Å²) in [5.74, 6) is 0.962. The molecular formula is C21H42N4. The van der Waals surface area contributed by atoms with Gasteiger partial charge in [-0.2, -0.15) is 0 Å². The first-order chi connectivity index (χ1) is 12.2. The minimum absolute atomic E-state index is 0.866. The van der Waals surface area contributed by atoms with E-state index in [1.165, 1.54) is 110 Å². The molecule has 0 aliphatic carbocycles. The molecule has 3 aliphatic heterocycles. The molecule has 0 saturated carbocycles. The van der Waals surface area contributed by atoms with Crippen molar-refractivity contribution < 1.29 is 0 Å². The zero-order valence-corrected chi connectivity index (χ0v) is 17.0. The molecule has 0 aromatic rings. The molecule has 0 amide bonds. The van der Waals surface area contributed by atoms with E-state index in [0.717, 1.165) is 12.0 Å². The predicted molar refractivity (Wildman–Crippen MR) is 107 cm³/mol. The van der Waals surface area contributed by atoms with Crippen LogP contribution in [0.2, 0.25) is 0 Å². The first kappa shape index (κ1) is 19.6. The van der Waals surface area contributed by atoms with Crippen LogP contribution in [0.15, 0.2) is 0 Å². The molecule has 0 bridgehead atoms. The Morgan fingerprint density at radius 2 is 1.20 bits per heavy atom. The second kappa shape index (κ2) is 10.2. The minimum atomic E-state index is 0.866. The van der Waals surface area contributed by atoms with Crippen molar-refractivity contribution in [2.45, 2.75) is 57.9 Å². The fourth-order valence-electron chi connectivity index (χ4n) is 4.85. The largest absolute Gasteiger partial charge is 0.306 e. The monoisotopic (exact) mass is 350 g/mol. The Hall–Kier alpha value is -0.160. The smallest absolute Gasteiger partial charge is 0.0121 e. The molecule has 3 heterocycles. The fraction of sp³-hybridized carbons (Fsp3) is 1.00. The van der Waals surface area contributed by atoms with Gasteiger partial charge in [0.25, 0.3) is 0 Å². The minimum Gasteiger partial charge on any atom is -0.306 e. The molecule has 0 N–H and O–H groups in total. The number of nitrogens with zero attached hydrogens (tertiary/aromatic N) is 4. The van der Waals surface area contributed by atoms with Gasteiger partial charge >= 0.3 is 0 Å². The Kier molecular flexibility index (Phi) is 8.03. The van der Waals surface area contributed by atoms with E-state index in [4.69, 9.17) is 0 Å². The van der Waals surface area contributed by atoms with Crippen LogP contribution < -0.4 is 0 Å². The Morgan fingerprint density at radius 1 is 0.640 bits per heavy atom. The molecule has 4 heteroatoms. The summed E-state index contributed by atoms with van der Waals surface area (Å²) in [7, 11) is 2.26. The van der Waals surface area contributed by atoms with Crippen molar-refractivity contribution in [3.63, 3.8) is 0 Å². The van der Waals surface area contributed by atoms with Gasteiger partial charge in [-0.3, -0.25) is 4.90 Å². The second-order valence-electron chi connectivity index (χ2n) is 9.00. The zero-order chi connectivity index (χ0) is 17.5. The van der Waals surface area contributed by atoms with Gasteiger partial charge in [0.05, 0.1) is 0 Å². The normalized spacial score (nSPS) is 27.1. The van der Waals surface area contributed by atoms with Gasteiger partial charge in [0, 0.05) is 32.2 Å². The number of unbranched alkanes of at least 4 members (excludes halogenated alkanes) is 2. The standard InChI is InChI=1S/C21H42N4/c1-20-6-14-23(15-7-20)10-4-3-5-11-24-16-18-25(19-17-24)21-8-12-22(2)13-9-21/h20-21H,3-19H2,1-2H3. The first-order valence-electron chi connectivity index (χ1n) is 11.1. The zero-order valence-electron chi connectivity index (χ0n) is 17.0. The summed E-state index contributed by atoms with van der Waals surface area (Å²) in [4.78, 5) is 10.7. The quantitative estimate of drug-likeness (QED) is 0.654. The molecule has 3 rings (SSSR count). The van der Waals surface area contributed by atoms with E-state index in [9.17, 15) is 0 Å². The van der Waals surface area contributed by atoms with Gasteiger partial charge in [-0.1, -0.05) is 13.3 Å². The van der Waals surface area contributed by atoms with Crippen LogP contribution in [0.5, 0.6) is 0 Å². The van der Waals surface area contributed by atoms with Crippen molar-refractivity contribution in [3.8, 4) is 0 Å². The third kappa shape index (κ3) is 6.50. The predicted octanol–water partition coefficient (Wildman–Crippen LogP) is 2.60. The molecule has 3 aliphatic rings.